The standard InChI is InChI=1S/C18H15O2PSe/c1-4-10-16(11-5-1)19-21(20-17-12-6-2-7-13-17)22-18-14-8-3-9-15-18/h1-15H. The summed E-state index contributed by atoms with van der Waals surface area (Å²) in [6, 6.07) is 30.1. The van der Waals surface area contributed by atoms with Crippen LogP contribution in [0.1, 0.15) is 0 Å². The minimum absolute atomic E-state index is 0.113. The van der Waals surface area contributed by atoms with Crippen LogP contribution in [-0.4, -0.2) is 14.5 Å². The average molecular weight is 373 g/mol. The van der Waals surface area contributed by atoms with E-state index < -0.39 is 7.07 Å². The number of para-hydroxylation sites is 2. The molecule has 22 heavy (non-hydrogen) atoms. The van der Waals surface area contributed by atoms with Crippen LogP contribution in [0.25, 0.3) is 0 Å². The van der Waals surface area contributed by atoms with Crippen molar-refractivity contribution in [3.63, 3.8) is 0 Å². The van der Waals surface area contributed by atoms with Crippen molar-refractivity contribution in [2.75, 3.05) is 0 Å². The molecule has 3 aromatic rings. The summed E-state index contributed by atoms with van der Waals surface area (Å²) in [6.07, 6.45) is 0. The first-order chi connectivity index (χ1) is 10.9. The van der Waals surface area contributed by atoms with E-state index in [-0.39, 0.29) is 14.5 Å². The Hall–Kier alpha value is -1.79. The van der Waals surface area contributed by atoms with Gasteiger partial charge in [-0.3, -0.25) is 0 Å². The third-order valence-corrected chi connectivity index (χ3v) is 7.62. The summed E-state index contributed by atoms with van der Waals surface area (Å²) in [5, 5.41) is 0. The maximum atomic E-state index is 6.09. The summed E-state index contributed by atoms with van der Waals surface area (Å²) in [6.45, 7) is 0. The predicted octanol–water partition coefficient (Wildman–Crippen LogP) is 4.40. The molecule has 0 saturated heterocycles. The number of benzene rings is 3. The molecule has 0 spiro atoms. The van der Waals surface area contributed by atoms with Crippen LogP contribution in [0.15, 0.2) is 91.0 Å². The van der Waals surface area contributed by atoms with Crippen LogP contribution in [0.4, 0.5) is 0 Å². The zero-order valence-electron chi connectivity index (χ0n) is 11.8. The molecule has 0 atom stereocenters. The van der Waals surface area contributed by atoms with Crippen LogP contribution < -0.4 is 13.5 Å². The predicted molar refractivity (Wildman–Crippen MR) is 92.9 cm³/mol. The van der Waals surface area contributed by atoms with Gasteiger partial charge in [0.05, 0.1) is 0 Å². The molecule has 0 fully saturated rings. The number of rotatable bonds is 6. The Labute approximate surface area is 137 Å². The van der Waals surface area contributed by atoms with Crippen LogP contribution in [0.2, 0.25) is 0 Å². The second kappa shape index (κ2) is 8.00. The third-order valence-electron chi connectivity index (χ3n) is 2.77. The summed E-state index contributed by atoms with van der Waals surface area (Å²) < 4.78 is 13.5. The first kappa shape index (κ1) is 15.1. The molecule has 0 saturated carbocycles. The molecular formula is C18H15O2PSe. The van der Waals surface area contributed by atoms with Gasteiger partial charge in [-0.1, -0.05) is 0 Å². The first-order valence-electron chi connectivity index (χ1n) is 6.89. The van der Waals surface area contributed by atoms with Crippen molar-refractivity contribution in [2.24, 2.45) is 0 Å². The molecular weight excluding hydrogens is 358 g/mol. The monoisotopic (exact) mass is 374 g/mol. The van der Waals surface area contributed by atoms with Gasteiger partial charge in [-0.2, -0.15) is 0 Å². The van der Waals surface area contributed by atoms with Gasteiger partial charge in [0, 0.05) is 0 Å². The quantitative estimate of drug-likeness (QED) is 0.471. The molecule has 0 bridgehead atoms. The summed E-state index contributed by atoms with van der Waals surface area (Å²) in [7, 11) is -1.03. The van der Waals surface area contributed by atoms with Crippen molar-refractivity contribution >= 4 is 26.0 Å². The van der Waals surface area contributed by atoms with E-state index in [0.717, 1.165) is 11.5 Å². The van der Waals surface area contributed by atoms with E-state index in [0.29, 0.717) is 0 Å². The van der Waals surface area contributed by atoms with E-state index in [4.69, 9.17) is 9.05 Å². The van der Waals surface area contributed by atoms with Gasteiger partial charge >= 0.3 is 138 Å². The van der Waals surface area contributed by atoms with E-state index in [9.17, 15) is 0 Å². The summed E-state index contributed by atoms with van der Waals surface area (Å²) in [5.74, 6) is 1.70. The average Bonchev–Trinajstić information content (AvgIpc) is 2.57. The van der Waals surface area contributed by atoms with Crippen molar-refractivity contribution in [2.45, 2.75) is 0 Å². The minimum atomic E-state index is -1.03. The Kier molecular flexibility index (Phi) is 5.50. The molecule has 0 radical (unpaired) electrons. The number of hydrogen-bond acceptors (Lipinski definition) is 2. The van der Waals surface area contributed by atoms with E-state index in [1.807, 2.05) is 66.7 Å². The molecule has 0 heterocycles. The zero-order valence-corrected chi connectivity index (χ0v) is 14.4. The van der Waals surface area contributed by atoms with Crippen molar-refractivity contribution < 1.29 is 9.05 Å². The van der Waals surface area contributed by atoms with Crippen molar-refractivity contribution in [1.29, 1.82) is 0 Å². The molecule has 0 aliphatic heterocycles. The number of hydrogen-bond donors (Lipinski definition) is 0. The summed E-state index contributed by atoms with van der Waals surface area (Å²) in [4.78, 5) is 0. The molecule has 0 unspecified atom stereocenters. The SMILES string of the molecule is c1ccc(OP(Oc2ccccc2)[Se]c2ccccc2)cc1. The first-order valence-corrected chi connectivity index (χ1v) is 11.1. The van der Waals surface area contributed by atoms with Crippen LogP contribution in [-0.2, 0) is 0 Å². The van der Waals surface area contributed by atoms with Gasteiger partial charge in [0.2, 0.25) is 0 Å². The molecule has 3 aromatic carbocycles. The van der Waals surface area contributed by atoms with Gasteiger partial charge in [0.25, 0.3) is 0 Å². The maximum absolute atomic E-state index is 6.09. The van der Waals surface area contributed by atoms with E-state index in [1.165, 1.54) is 4.46 Å². The molecule has 4 heteroatoms. The van der Waals surface area contributed by atoms with Crippen molar-refractivity contribution in [3.05, 3.63) is 91.0 Å². The molecule has 0 aliphatic carbocycles. The zero-order chi connectivity index (χ0) is 15.0. The van der Waals surface area contributed by atoms with Gasteiger partial charge < -0.3 is 0 Å². The normalized spacial score (nSPS) is 10.4. The molecule has 0 N–H and O–H groups in total. The Morgan fingerprint density at radius 1 is 0.545 bits per heavy atom. The third kappa shape index (κ3) is 4.61. The summed E-state index contributed by atoms with van der Waals surface area (Å²) >= 11 is 0.113. The fraction of sp³-hybridized carbons (Fsp3) is 0. The second-order valence-electron chi connectivity index (χ2n) is 4.44. The van der Waals surface area contributed by atoms with Crippen LogP contribution >= 0.6 is 7.07 Å². The van der Waals surface area contributed by atoms with E-state index in [2.05, 4.69) is 24.3 Å². The van der Waals surface area contributed by atoms with Crippen molar-refractivity contribution in [1.82, 2.24) is 0 Å². The van der Waals surface area contributed by atoms with Gasteiger partial charge in [-0.05, 0) is 0 Å². The Balaban J connectivity index is 1.75. The molecule has 2 nitrogen and oxygen atoms in total. The van der Waals surface area contributed by atoms with Gasteiger partial charge in [-0.25, -0.2) is 0 Å². The topological polar surface area (TPSA) is 18.5 Å². The fourth-order valence-corrected chi connectivity index (χ4v) is 6.48. The van der Waals surface area contributed by atoms with Crippen LogP contribution in [0.3, 0.4) is 0 Å². The Morgan fingerprint density at radius 2 is 0.955 bits per heavy atom. The van der Waals surface area contributed by atoms with E-state index >= 15 is 0 Å². The van der Waals surface area contributed by atoms with Crippen LogP contribution in [0.5, 0.6) is 11.5 Å². The Bertz CT molecular complexity index is 579. The molecule has 0 amide bonds. The summed E-state index contributed by atoms with van der Waals surface area (Å²) in [5.41, 5.74) is 0. The second-order valence-corrected chi connectivity index (χ2v) is 9.45. The molecule has 0 aliphatic rings. The molecule has 0 aromatic heterocycles. The fourth-order valence-electron chi connectivity index (χ4n) is 1.76. The van der Waals surface area contributed by atoms with Gasteiger partial charge in [0.1, 0.15) is 0 Å². The van der Waals surface area contributed by atoms with Gasteiger partial charge in [-0.15, -0.1) is 0 Å². The van der Waals surface area contributed by atoms with Gasteiger partial charge in [0.15, 0.2) is 0 Å². The Morgan fingerprint density at radius 3 is 1.41 bits per heavy atom. The molecule has 110 valence electrons. The van der Waals surface area contributed by atoms with Crippen molar-refractivity contribution in [3.8, 4) is 11.5 Å². The van der Waals surface area contributed by atoms with E-state index in [1.54, 1.807) is 0 Å². The molecule has 3 rings (SSSR count). The van der Waals surface area contributed by atoms with Crippen LogP contribution in [0, 0.1) is 0 Å².